The molecule has 0 saturated heterocycles. The van der Waals surface area contributed by atoms with Crippen molar-refractivity contribution < 1.29 is 0 Å². The van der Waals surface area contributed by atoms with Gasteiger partial charge in [0.15, 0.2) is 0 Å². The second kappa shape index (κ2) is 3.49. The largest absolute Gasteiger partial charge is 0.388 e. The SMILES string of the molecule is CNc1cc2c(cc1C)sc1ccccc12. The number of rotatable bonds is 1. The first kappa shape index (κ1) is 9.67. The molecule has 0 radical (unpaired) electrons. The van der Waals surface area contributed by atoms with Gasteiger partial charge in [0.1, 0.15) is 0 Å². The molecule has 1 nitrogen and oxygen atoms in total. The highest BCUT2D eigenvalue weighted by Gasteiger charge is 2.06. The van der Waals surface area contributed by atoms with Gasteiger partial charge in [0, 0.05) is 32.9 Å². The fourth-order valence-corrected chi connectivity index (χ4v) is 3.33. The van der Waals surface area contributed by atoms with E-state index in [0.717, 1.165) is 0 Å². The van der Waals surface area contributed by atoms with E-state index >= 15 is 0 Å². The number of aryl methyl sites for hydroxylation is 1. The van der Waals surface area contributed by atoms with Crippen molar-refractivity contribution in [3.63, 3.8) is 0 Å². The number of fused-ring (bicyclic) bond motifs is 3. The van der Waals surface area contributed by atoms with Gasteiger partial charge in [0.25, 0.3) is 0 Å². The molecule has 0 atom stereocenters. The smallest absolute Gasteiger partial charge is 0.0374 e. The molecule has 2 heteroatoms. The Labute approximate surface area is 98.7 Å². The summed E-state index contributed by atoms with van der Waals surface area (Å²) in [7, 11) is 1.97. The van der Waals surface area contributed by atoms with Gasteiger partial charge in [0.05, 0.1) is 0 Å². The zero-order valence-corrected chi connectivity index (χ0v) is 10.2. The summed E-state index contributed by atoms with van der Waals surface area (Å²) >= 11 is 1.87. The highest BCUT2D eigenvalue weighted by molar-refractivity contribution is 7.25. The Hall–Kier alpha value is -1.54. The number of hydrogen-bond acceptors (Lipinski definition) is 2. The third-order valence-corrected chi connectivity index (χ3v) is 4.13. The minimum Gasteiger partial charge on any atom is -0.388 e. The molecular weight excluding hydrogens is 214 g/mol. The normalized spacial score (nSPS) is 11.1. The quantitative estimate of drug-likeness (QED) is 0.649. The lowest BCUT2D eigenvalue weighted by Gasteiger charge is -2.04. The zero-order valence-electron chi connectivity index (χ0n) is 9.37. The maximum atomic E-state index is 3.25. The van der Waals surface area contributed by atoms with E-state index in [9.17, 15) is 0 Å². The molecule has 2 aromatic carbocycles. The zero-order chi connectivity index (χ0) is 11.1. The molecule has 0 unspecified atom stereocenters. The Morgan fingerprint density at radius 2 is 1.81 bits per heavy atom. The lowest BCUT2D eigenvalue weighted by atomic mass is 10.1. The van der Waals surface area contributed by atoms with Crippen LogP contribution in [0, 0.1) is 6.92 Å². The predicted molar refractivity (Wildman–Crippen MR) is 73.6 cm³/mol. The first-order valence-electron chi connectivity index (χ1n) is 5.39. The summed E-state index contributed by atoms with van der Waals surface area (Å²) in [6.45, 7) is 2.15. The van der Waals surface area contributed by atoms with Crippen LogP contribution in [0.15, 0.2) is 36.4 Å². The van der Waals surface area contributed by atoms with Crippen LogP contribution in [0.4, 0.5) is 5.69 Å². The lowest BCUT2D eigenvalue weighted by Crippen LogP contribution is -1.90. The van der Waals surface area contributed by atoms with E-state index in [0.29, 0.717) is 0 Å². The molecule has 3 rings (SSSR count). The van der Waals surface area contributed by atoms with Gasteiger partial charge in [-0.1, -0.05) is 18.2 Å². The second-order valence-electron chi connectivity index (χ2n) is 4.01. The Balaban J connectivity index is 2.47. The van der Waals surface area contributed by atoms with Crippen molar-refractivity contribution in [2.24, 2.45) is 0 Å². The minimum atomic E-state index is 1.22. The fraction of sp³-hybridized carbons (Fsp3) is 0.143. The van der Waals surface area contributed by atoms with Crippen molar-refractivity contribution in [2.45, 2.75) is 6.92 Å². The average molecular weight is 227 g/mol. The van der Waals surface area contributed by atoms with Crippen LogP contribution in [0.3, 0.4) is 0 Å². The summed E-state index contributed by atoms with van der Waals surface area (Å²) in [5.74, 6) is 0. The molecule has 0 saturated carbocycles. The van der Waals surface area contributed by atoms with Crippen molar-refractivity contribution in [3.8, 4) is 0 Å². The molecule has 0 spiro atoms. The molecule has 1 N–H and O–H groups in total. The minimum absolute atomic E-state index is 1.22. The Bertz CT molecular complexity index is 667. The molecular formula is C14H13NS. The molecule has 80 valence electrons. The van der Waals surface area contributed by atoms with Crippen molar-refractivity contribution in [1.29, 1.82) is 0 Å². The van der Waals surface area contributed by atoms with Gasteiger partial charge in [-0.15, -0.1) is 11.3 Å². The van der Waals surface area contributed by atoms with E-state index in [-0.39, 0.29) is 0 Å². The number of thiophene rings is 1. The lowest BCUT2D eigenvalue weighted by molar-refractivity contribution is 1.43. The van der Waals surface area contributed by atoms with Gasteiger partial charge >= 0.3 is 0 Å². The van der Waals surface area contributed by atoms with E-state index < -0.39 is 0 Å². The molecule has 1 heterocycles. The molecule has 16 heavy (non-hydrogen) atoms. The van der Waals surface area contributed by atoms with Crippen LogP contribution in [-0.4, -0.2) is 7.05 Å². The van der Waals surface area contributed by atoms with E-state index in [4.69, 9.17) is 0 Å². The summed E-state index contributed by atoms with van der Waals surface area (Å²) in [6, 6.07) is 13.1. The Morgan fingerprint density at radius 1 is 1.00 bits per heavy atom. The van der Waals surface area contributed by atoms with Crippen LogP contribution in [0.2, 0.25) is 0 Å². The summed E-state index contributed by atoms with van der Waals surface area (Å²) in [5, 5.41) is 5.96. The van der Waals surface area contributed by atoms with Crippen molar-refractivity contribution in [2.75, 3.05) is 12.4 Å². The van der Waals surface area contributed by atoms with Crippen molar-refractivity contribution in [3.05, 3.63) is 42.0 Å². The number of nitrogens with one attached hydrogen (secondary N) is 1. The number of anilines is 1. The maximum Gasteiger partial charge on any atom is 0.0374 e. The first-order valence-corrected chi connectivity index (χ1v) is 6.21. The second-order valence-corrected chi connectivity index (χ2v) is 5.10. The molecule has 0 bridgehead atoms. The summed E-state index contributed by atoms with van der Waals surface area (Å²) < 4.78 is 2.74. The number of benzene rings is 2. The molecule has 1 aromatic heterocycles. The predicted octanol–water partition coefficient (Wildman–Crippen LogP) is 4.40. The third-order valence-electron chi connectivity index (χ3n) is 2.99. The van der Waals surface area contributed by atoms with Crippen LogP contribution in [0.5, 0.6) is 0 Å². The van der Waals surface area contributed by atoms with Crippen LogP contribution in [0.1, 0.15) is 5.56 Å². The summed E-state index contributed by atoms with van der Waals surface area (Å²) in [6.07, 6.45) is 0. The van der Waals surface area contributed by atoms with Crippen molar-refractivity contribution in [1.82, 2.24) is 0 Å². The molecule has 0 aliphatic carbocycles. The standard InChI is InChI=1S/C14H13NS/c1-9-7-14-11(8-12(9)15-2)10-5-3-4-6-13(10)16-14/h3-8,15H,1-2H3. The fourth-order valence-electron chi connectivity index (χ4n) is 2.14. The molecule has 0 aliphatic heterocycles. The van der Waals surface area contributed by atoms with Gasteiger partial charge in [-0.3, -0.25) is 0 Å². The van der Waals surface area contributed by atoms with Gasteiger partial charge in [-0.25, -0.2) is 0 Å². The number of hydrogen-bond donors (Lipinski definition) is 1. The van der Waals surface area contributed by atoms with E-state index in [2.05, 4.69) is 48.6 Å². The van der Waals surface area contributed by atoms with E-state index in [1.165, 1.54) is 31.4 Å². The van der Waals surface area contributed by atoms with Crippen LogP contribution in [-0.2, 0) is 0 Å². The average Bonchev–Trinajstić information content (AvgIpc) is 2.65. The first-order chi connectivity index (χ1) is 7.79. The van der Waals surface area contributed by atoms with Crippen molar-refractivity contribution >= 4 is 37.2 Å². The summed E-state index contributed by atoms with van der Waals surface area (Å²) in [5.41, 5.74) is 2.53. The Kier molecular flexibility index (Phi) is 2.11. The Morgan fingerprint density at radius 3 is 2.62 bits per heavy atom. The topological polar surface area (TPSA) is 12.0 Å². The van der Waals surface area contributed by atoms with Gasteiger partial charge in [-0.2, -0.15) is 0 Å². The van der Waals surface area contributed by atoms with E-state index in [1.807, 2.05) is 18.4 Å². The van der Waals surface area contributed by atoms with Gasteiger partial charge < -0.3 is 5.32 Å². The van der Waals surface area contributed by atoms with Crippen LogP contribution < -0.4 is 5.32 Å². The molecule has 0 amide bonds. The van der Waals surface area contributed by atoms with Gasteiger partial charge in [-0.05, 0) is 30.7 Å². The van der Waals surface area contributed by atoms with Crippen LogP contribution in [0.25, 0.3) is 20.2 Å². The summed E-state index contributed by atoms with van der Waals surface area (Å²) in [4.78, 5) is 0. The maximum absolute atomic E-state index is 3.25. The van der Waals surface area contributed by atoms with Crippen LogP contribution >= 0.6 is 11.3 Å². The molecule has 0 fully saturated rings. The molecule has 0 aliphatic rings. The third kappa shape index (κ3) is 1.30. The van der Waals surface area contributed by atoms with E-state index in [1.54, 1.807) is 0 Å². The highest BCUT2D eigenvalue weighted by atomic mass is 32.1. The monoisotopic (exact) mass is 227 g/mol. The van der Waals surface area contributed by atoms with Gasteiger partial charge in [0.2, 0.25) is 0 Å². The highest BCUT2D eigenvalue weighted by Crippen LogP contribution is 2.36. The molecule has 3 aromatic rings.